The molecule has 0 atom stereocenters. The van der Waals surface area contributed by atoms with E-state index in [4.69, 9.17) is 0 Å². The summed E-state index contributed by atoms with van der Waals surface area (Å²) in [5.41, 5.74) is 1.29. The van der Waals surface area contributed by atoms with Crippen molar-refractivity contribution in [3.8, 4) is 0 Å². The van der Waals surface area contributed by atoms with Crippen molar-refractivity contribution < 1.29 is 0 Å². The molecule has 0 spiro atoms. The van der Waals surface area contributed by atoms with Gasteiger partial charge >= 0.3 is 0 Å². The molecule has 0 bridgehead atoms. The molecular weight excluding hydrogens is 108 g/mol. The molecular formula is C9H18. The molecule has 1 aliphatic rings. The molecule has 0 saturated heterocycles. The van der Waals surface area contributed by atoms with Crippen LogP contribution in [-0.4, -0.2) is 0 Å². The standard InChI is InChI=1S/C9H18/c1-5-8(2,3)9(4)6-7-9/h5-7H2,1-4H3. The van der Waals surface area contributed by atoms with Crippen molar-refractivity contribution in [2.45, 2.75) is 47.0 Å². The Labute approximate surface area is 58.7 Å². The SMILES string of the molecule is CCC(C)(C)C1(C)CC1. The van der Waals surface area contributed by atoms with Gasteiger partial charge in [0, 0.05) is 0 Å². The summed E-state index contributed by atoms with van der Waals surface area (Å²) >= 11 is 0. The Balaban J connectivity index is 2.58. The Morgan fingerprint density at radius 3 is 1.89 bits per heavy atom. The molecule has 0 nitrogen and oxygen atoms in total. The third kappa shape index (κ3) is 0.997. The summed E-state index contributed by atoms with van der Waals surface area (Å²) in [6.45, 7) is 9.49. The number of hydrogen-bond donors (Lipinski definition) is 0. The fourth-order valence-corrected chi connectivity index (χ4v) is 1.29. The van der Waals surface area contributed by atoms with Gasteiger partial charge in [-0.15, -0.1) is 0 Å². The number of rotatable bonds is 2. The van der Waals surface area contributed by atoms with Crippen molar-refractivity contribution in [1.29, 1.82) is 0 Å². The first-order valence-electron chi connectivity index (χ1n) is 4.02. The van der Waals surface area contributed by atoms with Crippen LogP contribution in [-0.2, 0) is 0 Å². The zero-order valence-electron chi connectivity index (χ0n) is 7.12. The number of hydrogen-bond acceptors (Lipinski definition) is 0. The molecule has 0 unspecified atom stereocenters. The predicted molar refractivity (Wildman–Crippen MR) is 41.4 cm³/mol. The first-order chi connectivity index (χ1) is 4.02. The molecule has 1 rings (SSSR count). The molecule has 9 heavy (non-hydrogen) atoms. The highest BCUT2D eigenvalue weighted by Crippen LogP contribution is 2.59. The second-order valence-electron chi connectivity index (χ2n) is 4.30. The molecule has 0 heteroatoms. The van der Waals surface area contributed by atoms with Crippen molar-refractivity contribution in [1.82, 2.24) is 0 Å². The summed E-state index contributed by atoms with van der Waals surface area (Å²) in [6.07, 6.45) is 4.23. The molecule has 1 fully saturated rings. The van der Waals surface area contributed by atoms with Crippen molar-refractivity contribution >= 4 is 0 Å². The van der Waals surface area contributed by atoms with Gasteiger partial charge in [-0.05, 0) is 23.7 Å². The van der Waals surface area contributed by atoms with Crippen LogP contribution in [0.3, 0.4) is 0 Å². The van der Waals surface area contributed by atoms with Gasteiger partial charge < -0.3 is 0 Å². The first-order valence-corrected chi connectivity index (χ1v) is 4.02. The van der Waals surface area contributed by atoms with Crippen LogP contribution < -0.4 is 0 Å². The lowest BCUT2D eigenvalue weighted by Crippen LogP contribution is -2.21. The molecule has 0 aromatic rings. The van der Waals surface area contributed by atoms with Crippen molar-refractivity contribution in [3.05, 3.63) is 0 Å². The highest BCUT2D eigenvalue weighted by molar-refractivity contribution is 4.99. The van der Waals surface area contributed by atoms with Gasteiger partial charge in [0.1, 0.15) is 0 Å². The first kappa shape index (κ1) is 7.11. The maximum Gasteiger partial charge on any atom is -0.0274 e. The topological polar surface area (TPSA) is 0 Å². The largest absolute Gasteiger partial charge is 0.0649 e. The highest BCUT2D eigenvalue weighted by atomic mass is 14.5. The van der Waals surface area contributed by atoms with E-state index in [2.05, 4.69) is 27.7 Å². The van der Waals surface area contributed by atoms with Crippen molar-refractivity contribution in [3.63, 3.8) is 0 Å². The lowest BCUT2D eigenvalue weighted by atomic mass is 9.75. The van der Waals surface area contributed by atoms with E-state index in [0.29, 0.717) is 10.8 Å². The van der Waals surface area contributed by atoms with E-state index in [1.165, 1.54) is 19.3 Å². The summed E-state index contributed by atoms with van der Waals surface area (Å²) in [7, 11) is 0. The quantitative estimate of drug-likeness (QED) is 0.533. The van der Waals surface area contributed by atoms with Gasteiger partial charge in [0.15, 0.2) is 0 Å². The van der Waals surface area contributed by atoms with E-state index >= 15 is 0 Å². The van der Waals surface area contributed by atoms with Gasteiger partial charge in [0.2, 0.25) is 0 Å². The second-order valence-corrected chi connectivity index (χ2v) is 4.30. The molecule has 1 saturated carbocycles. The van der Waals surface area contributed by atoms with Crippen LogP contribution in [0.15, 0.2) is 0 Å². The zero-order valence-corrected chi connectivity index (χ0v) is 7.12. The summed E-state index contributed by atoms with van der Waals surface area (Å²) in [5.74, 6) is 0. The van der Waals surface area contributed by atoms with E-state index in [1.54, 1.807) is 0 Å². The monoisotopic (exact) mass is 126 g/mol. The van der Waals surface area contributed by atoms with Gasteiger partial charge in [-0.2, -0.15) is 0 Å². The van der Waals surface area contributed by atoms with Crippen LogP contribution >= 0.6 is 0 Å². The molecule has 0 heterocycles. The fourth-order valence-electron chi connectivity index (χ4n) is 1.29. The van der Waals surface area contributed by atoms with Crippen LogP contribution in [0.25, 0.3) is 0 Å². The van der Waals surface area contributed by atoms with Gasteiger partial charge in [-0.3, -0.25) is 0 Å². The fraction of sp³-hybridized carbons (Fsp3) is 1.00. The minimum absolute atomic E-state index is 0.590. The Kier molecular flexibility index (Phi) is 1.38. The maximum atomic E-state index is 2.41. The Morgan fingerprint density at radius 1 is 1.33 bits per heavy atom. The summed E-state index contributed by atoms with van der Waals surface area (Å²) in [4.78, 5) is 0. The zero-order chi connectivity index (χ0) is 7.12. The van der Waals surface area contributed by atoms with Gasteiger partial charge in [-0.25, -0.2) is 0 Å². The summed E-state index contributed by atoms with van der Waals surface area (Å²) in [6, 6.07) is 0. The average Bonchev–Trinajstić information content (AvgIpc) is 2.49. The van der Waals surface area contributed by atoms with Gasteiger partial charge in [0.25, 0.3) is 0 Å². The third-order valence-corrected chi connectivity index (χ3v) is 3.52. The molecule has 0 radical (unpaired) electrons. The van der Waals surface area contributed by atoms with E-state index < -0.39 is 0 Å². The van der Waals surface area contributed by atoms with E-state index in [0.717, 1.165) is 0 Å². The van der Waals surface area contributed by atoms with Gasteiger partial charge in [-0.1, -0.05) is 34.1 Å². The van der Waals surface area contributed by atoms with Crippen LogP contribution in [0.1, 0.15) is 47.0 Å². The Hall–Kier alpha value is 0. The van der Waals surface area contributed by atoms with Crippen LogP contribution in [0.2, 0.25) is 0 Å². The summed E-state index contributed by atoms with van der Waals surface area (Å²) < 4.78 is 0. The molecule has 0 aromatic heterocycles. The Morgan fingerprint density at radius 2 is 1.78 bits per heavy atom. The van der Waals surface area contributed by atoms with Gasteiger partial charge in [0.05, 0.1) is 0 Å². The smallest absolute Gasteiger partial charge is 0.0274 e. The van der Waals surface area contributed by atoms with E-state index in [-0.39, 0.29) is 0 Å². The minimum atomic E-state index is 0.590. The van der Waals surface area contributed by atoms with E-state index in [9.17, 15) is 0 Å². The molecule has 1 aliphatic carbocycles. The molecule has 0 amide bonds. The lowest BCUT2D eigenvalue weighted by Gasteiger charge is -2.30. The lowest BCUT2D eigenvalue weighted by molar-refractivity contribution is 0.198. The molecule has 54 valence electrons. The minimum Gasteiger partial charge on any atom is -0.0649 e. The van der Waals surface area contributed by atoms with Crippen molar-refractivity contribution in [2.75, 3.05) is 0 Å². The normalized spacial score (nSPS) is 24.0. The summed E-state index contributed by atoms with van der Waals surface area (Å²) in [5, 5.41) is 0. The maximum absolute atomic E-state index is 2.41. The average molecular weight is 126 g/mol. The van der Waals surface area contributed by atoms with Crippen molar-refractivity contribution in [2.24, 2.45) is 10.8 Å². The van der Waals surface area contributed by atoms with Crippen LogP contribution in [0, 0.1) is 10.8 Å². The predicted octanol–water partition coefficient (Wildman–Crippen LogP) is 3.22. The third-order valence-electron chi connectivity index (χ3n) is 3.52. The Bertz CT molecular complexity index is 107. The molecule has 0 aromatic carbocycles. The molecule has 0 aliphatic heterocycles. The highest BCUT2D eigenvalue weighted by Gasteiger charge is 2.48. The van der Waals surface area contributed by atoms with Crippen LogP contribution in [0.4, 0.5) is 0 Å². The van der Waals surface area contributed by atoms with Crippen LogP contribution in [0.5, 0.6) is 0 Å². The molecule has 0 N–H and O–H groups in total. The second kappa shape index (κ2) is 1.74. The van der Waals surface area contributed by atoms with E-state index in [1.807, 2.05) is 0 Å².